The van der Waals surface area contributed by atoms with Crippen molar-refractivity contribution in [1.29, 1.82) is 0 Å². The molecule has 18 heavy (non-hydrogen) atoms. The van der Waals surface area contributed by atoms with Gasteiger partial charge >= 0.3 is 0 Å². The fraction of sp³-hybridized carbons (Fsp3) is 0.625. The molecule has 1 aromatic carbocycles. The highest BCUT2D eigenvalue weighted by atomic mass is 79.9. The van der Waals surface area contributed by atoms with Crippen LogP contribution in [-0.4, -0.2) is 12.1 Å². The first-order valence-corrected chi connectivity index (χ1v) is 7.56. The minimum atomic E-state index is 0.199. The number of halogens is 1. The summed E-state index contributed by atoms with van der Waals surface area (Å²) >= 11 is 3.54. The van der Waals surface area contributed by atoms with Gasteiger partial charge in [-0.15, -0.1) is 0 Å². The Balaban J connectivity index is 2.63. The molecule has 1 atom stereocenters. The Labute approximate surface area is 120 Å². The first kappa shape index (κ1) is 15.7. The van der Waals surface area contributed by atoms with Gasteiger partial charge in [0.1, 0.15) is 0 Å². The van der Waals surface area contributed by atoms with Gasteiger partial charge in [-0.25, -0.2) is 0 Å². The van der Waals surface area contributed by atoms with Gasteiger partial charge in [0.2, 0.25) is 0 Å². The Morgan fingerprint density at radius 2 is 1.89 bits per heavy atom. The van der Waals surface area contributed by atoms with Crippen LogP contribution in [0.15, 0.2) is 28.7 Å². The van der Waals surface area contributed by atoms with Crippen molar-refractivity contribution in [3.05, 3.63) is 34.3 Å². The zero-order valence-corrected chi connectivity index (χ0v) is 13.8. The van der Waals surface area contributed by atoms with Gasteiger partial charge in [-0.3, -0.25) is 0 Å². The van der Waals surface area contributed by atoms with Crippen molar-refractivity contribution in [2.45, 2.75) is 46.6 Å². The van der Waals surface area contributed by atoms with Crippen molar-refractivity contribution in [3.63, 3.8) is 0 Å². The van der Waals surface area contributed by atoms with E-state index >= 15 is 0 Å². The normalized spacial score (nSPS) is 13.9. The van der Waals surface area contributed by atoms with Crippen molar-refractivity contribution < 1.29 is 0 Å². The Hall–Kier alpha value is -0.340. The van der Waals surface area contributed by atoms with E-state index in [0.29, 0.717) is 11.8 Å². The third-order valence-corrected chi connectivity index (χ3v) is 3.72. The summed E-state index contributed by atoms with van der Waals surface area (Å²) < 4.78 is 1.17. The van der Waals surface area contributed by atoms with Gasteiger partial charge in [0.15, 0.2) is 0 Å². The molecular weight excluding hydrogens is 286 g/mol. The lowest BCUT2D eigenvalue weighted by molar-refractivity contribution is 0.312. The molecule has 0 saturated carbocycles. The van der Waals surface area contributed by atoms with Crippen LogP contribution < -0.4 is 5.32 Å². The van der Waals surface area contributed by atoms with Gasteiger partial charge in [-0.2, -0.15) is 0 Å². The molecule has 0 saturated heterocycles. The summed E-state index contributed by atoms with van der Waals surface area (Å²) in [6.07, 6.45) is 1.14. The maximum Gasteiger partial charge on any atom is 0.0177 e. The van der Waals surface area contributed by atoms with Crippen LogP contribution in [0, 0.1) is 11.8 Å². The van der Waals surface area contributed by atoms with Crippen LogP contribution in [0.1, 0.15) is 40.2 Å². The van der Waals surface area contributed by atoms with Crippen molar-refractivity contribution >= 4 is 15.9 Å². The van der Waals surface area contributed by atoms with E-state index in [9.17, 15) is 0 Å². The van der Waals surface area contributed by atoms with E-state index in [2.05, 4.69) is 80.1 Å². The van der Waals surface area contributed by atoms with E-state index in [4.69, 9.17) is 0 Å². The number of hydrogen-bond acceptors (Lipinski definition) is 1. The maximum atomic E-state index is 3.63. The summed E-state index contributed by atoms with van der Waals surface area (Å²) in [5, 5.41) is 3.63. The quantitative estimate of drug-likeness (QED) is 0.834. The second-order valence-corrected chi connectivity index (χ2v) is 7.38. The largest absolute Gasteiger partial charge is 0.312 e. The topological polar surface area (TPSA) is 12.0 Å². The molecule has 0 bridgehead atoms. The summed E-state index contributed by atoms with van der Waals surface area (Å²) in [6.45, 7) is 12.4. The fourth-order valence-electron chi connectivity index (χ4n) is 1.95. The van der Waals surface area contributed by atoms with E-state index in [1.807, 2.05) is 0 Å². The van der Waals surface area contributed by atoms with Crippen LogP contribution in [0.25, 0.3) is 0 Å². The van der Waals surface area contributed by atoms with E-state index in [1.54, 1.807) is 0 Å². The lowest BCUT2D eigenvalue weighted by Gasteiger charge is -2.27. The predicted molar refractivity (Wildman–Crippen MR) is 83.9 cm³/mol. The van der Waals surface area contributed by atoms with Crippen LogP contribution in [-0.2, 0) is 6.42 Å². The Bertz CT molecular complexity index is 366. The molecule has 0 amide bonds. The van der Waals surface area contributed by atoms with Gasteiger partial charge in [-0.1, -0.05) is 41.9 Å². The lowest BCUT2D eigenvalue weighted by atomic mass is 9.88. The van der Waals surface area contributed by atoms with Crippen molar-refractivity contribution in [3.8, 4) is 0 Å². The van der Waals surface area contributed by atoms with Crippen LogP contribution >= 0.6 is 15.9 Å². The maximum absolute atomic E-state index is 3.63. The van der Waals surface area contributed by atoms with Gasteiger partial charge < -0.3 is 5.32 Å². The second-order valence-electron chi connectivity index (χ2n) is 6.47. The van der Waals surface area contributed by atoms with Crippen LogP contribution in [0.2, 0.25) is 0 Å². The van der Waals surface area contributed by atoms with E-state index in [-0.39, 0.29) is 5.54 Å². The van der Waals surface area contributed by atoms with E-state index in [1.165, 1.54) is 10.0 Å². The molecule has 0 radical (unpaired) electrons. The first-order chi connectivity index (χ1) is 8.28. The van der Waals surface area contributed by atoms with E-state index < -0.39 is 0 Å². The predicted octanol–water partition coefficient (Wildman–Crippen LogP) is 4.65. The number of benzene rings is 1. The molecule has 0 aliphatic rings. The summed E-state index contributed by atoms with van der Waals surface area (Å²) in [7, 11) is 0. The van der Waals surface area contributed by atoms with Crippen LogP contribution in [0.4, 0.5) is 0 Å². The van der Waals surface area contributed by atoms with Gasteiger partial charge in [0.25, 0.3) is 0 Å². The third kappa shape index (κ3) is 6.01. The number of hydrogen-bond donors (Lipinski definition) is 1. The van der Waals surface area contributed by atoms with Crippen LogP contribution in [0.5, 0.6) is 0 Å². The summed E-state index contributed by atoms with van der Waals surface area (Å²) in [6, 6.07) is 8.65. The SMILES string of the molecule is CC(C)C(CNC(C)(C)C)Cc1cccc(Br)c1. The highest BCUT2D eigenvalue weighted by Gasteiger charge is 2.17. The van der Waals surface area contributed by atoms with Gasteiger partial charge in [0.05, 0.1) is 0 Å². The third-order valence-electron chi connectivity index (χ3n) is 3.22. The lowest BCUT2D eigenvalue weighted by Crippen LogP contribution is -2.40. The first-order valence-electron chi connectivity index (χ1n) is 6.77. The molecule has 2 heteroatoms. The molecule has 1 N–H and O–H groups in total. The molecule has 1 rings (SSSR count). The van der Waals surface area contributed by atoms with Crippen molar-refractivity contribution in [1.82, 2.24) is 5.32 Å². The number of nitrogens with one attached hydrogen (secondary N) is 1. The zero-order valence-electron chi connectivity index (χ0n) is 12.3. The average molecular weight is 312 g/mol. The number of rotatable bonds is 5. The minimum absolute atomic E-state index is 0.199. The van der Waals surface area contributed by atoms with Gasteiger partial charge in [0, 0.05) is 10.0 Å². The smallest absolute Gasteiger partial charge is 0.0177 e. The molecule has 0 fully saturated rings. The molecule has 102 valence electrons. The average Bonchev–Trinajstić information content (AvgIpc) is 2.22. The Kier molecular flexibility index (Phi) is 5.87. The molecule has 0 aliphatic carbocycles. The molecule has 1 aromatic rings. The van der Waals surface area contributed by atoms with Gasteiger partial charge in [-0.05, 0) is 63.3 Å². The summed E-state index contributed by atoms with van der Waals surface area (Å²) in [5.41, 5.74) is 1.61. The molecular formula is C16H26BrN. The Morgan fingerprint density at radius 1 is 1.22 bits per heavy atom. The van der Waals surface area contributed by atoms with E-state index in [0.717, 1.165) is 13.0 Å². The second kappa shape index (κ2) is 6.72. The fourth-order valence-corrected chi connectivity index (χ4v) is 2.39. The van der Waals surface area contributed by atoms with Crippen LogP contribution in [0.3, 0.4) is 0 Å². The van der Waals surface area contributed by atoms with Crippen molar-refractivity contribution in [2.24, 2.45) is 11.8 Å². The standard InChI is InChI=1S/C16H26BrN/c1-12(2)14(11-18-16(3,4)5)9-13-7-6-8-15(17)10-13/h6-8,10,12,14,18H,9,11H2,1-5H3. The molecule has 0 aliphatic heterocycles. The highest BCUT2D eigenvalue weighted by Crippen LogP contribution is 2.20. The molecule has 1 unspecified atom stereocenters. The monoisotopic (exact) mass is 311 g/mol. The summed E-state index contributed by atoms with van der Waals surface area (Å²) in [4.78, 5) is 0. The summed E-state index contributed by atoms with van der Waals surface area (Å²) in [5.74, 6) is 1.37. The molecule has 0 heterocycles. The molecule has 0 aromatic heterocycles. The van der Waals surface area contributed by atoms with Crippen molar-refractivity contribution in [2.75, 3.05) is 6.54 Å². The Morgan fingerprint density at radius 3 is 2.39 bits per heavy atom. The zero-order chi connectivity index (χ0) is 13.8. The molecule has 0 spiro atoms. The highest BCUT2D eigenvalue weighted by molar-refractivity contribution is 9.10. The molecule has 1 nitrogen and oxygen atoms in total. The minimum Gasteiger partial charge on any atom is -0.312 e.